The summed E-state index contributed by atoms with van der Waals surface area (Å²) >= 11 is 1.76. The van der Waals surface area contributed by atoms with Crippen LogP contribution in [0.1, 0.15) is 48.8 Å². The molecule has 3 aromatic rings. The van der Waals surface area contributed by atoms with E-state index in [4.69, 9.17) is 4.98 Å². The lowest BCUT2D eigenvalue weighted by Gasteiger charge is -2.32. The zero-order valence-electron chi connectivity index (χ0n) is 15.3. The van der Waals surface area contributed by atoms with Gasteiger partial charge in [0.2, 0.25) is 5.91 Å². The molecule has 4 heterocycles. The average Bonchev–Trinajstić information content (AvgIpc) is 3.35. The normalized spacial score (nSPS) is 17.9. The molecule has 1 aliphatic heterocycles. The van der Waals surface area contributed by atoms with Gasteiger partial charge in [-0.3, -0.25) is 13.9 Å². The highest BCUT2D eigenvalue weighted by Gasteiger charge is 2.28. The predicted molar refractivity (Wildman–Crippen MR) is 100 cm³/mol. The number of aromatic nitrogens is 5. The third-order valence-electron chi connectivity index (χ3n) is 5.13. The number of hydrogen-bond acceptors (Lipinski definition) is 5. The lowest BCUT2D eigenvalue weighted by Crippen LogP contribution is -2.39. The Bertz CT molecular complexity index is 896. The Labute approximate surface area is 156 Å². The van der Waals surface area contributed by atoms with Crippen LogP contribution in [-0.2, 0) is 11.3 Å². The van der Waals surface area contributed by atoms with Crippen LogP contribution in [0, 0.1) is 13.8 Å². The quantitative estimate of drug-likeness (QED) is 0.691. The van der Waals surface area contributed by atoms with Crippen molar-refractivity contribution < 1.29 is 4.79 Å². The standard InChI is InChI=1S/C18H24N6OS/c1-13-10-26-18-17(21-14(2)24(13)18)15-5-3-7-22(9-15)16(25)6-4-8-23-12-19-11-20-23/h10-12,15H,3-9H2,1-2H3/t15-/m0/s1. The molecule has 0 radical (unpaired) electrons. The van der Waals surface area contributed by atoms with Crippen LogP contribution in [-0.4, -0.2) is 48.0 Å². The van der Waals surface area contributed by atoms with Gasteiger partial charge in [0.25, 0.3) is 0 Å². The topological polar surface area (TPSA) is 68.3 Å². The summed E-state index contributed by atoms with van der Waals surface area (Å²) in [6, 6.07) is 0. The van der Waals surface area contributed by atoms with Crippen LogP contribution in [0.5, 0.6) is 0 Å². The van der Waals surface area contributed by atoms with Crippen molar-refractivity contribution in [2.24, 2.45) is 0 Å². The minimum atomic E-state index is 0.240. The highest BCUT2D eigenvalue weighted by molar-refractivity contribution is 7.15. The second-order valence-electron chi connectivity index (χ2n) is 7.00. The minimum Gasteiger partial charge on any atom is -0.342 e. The SMILES string of the molecule is Cc1csc2c([C@H]3CCCN(C(=O)CCCn4cncn4)C3)nc(C)n12. The molecule has 26 heavy (non-hydrogen) atoms. The monoisotopic (exact) mass is 372 g/mol. The molecule has 0 unspecified atom stereocenters. The highest BCUT2D eigenvalue weighted by Crippen LogP contribution is 2.33. The van der Waals surface area contributed by atoms with Crippen molar-refractivity contribution in [1.29, 1.82) is 0 Å². The van der Waals surface area contributed by atoms with Crippen LogP contribution in [0.15, 0.2) is 18.0 Å². The van der Waals surface area contributed by atoms with Crippen LogP contribution in [0.4, 0.5) is 0 Å². The molecule has 0 saturated carbocycles. The van der Waals surface area contributed by atoms with Gasteiger partial charge in [-0.1, -0.05) is 0 Å². The maximum absolute atomic E-state index is 12.6. The minimum absolute atomic E-state index is 0.240. The Hall–Kier alpha value is -2.22. The van der Waals surface area contributed by atoms with E-state index in [0.717, 1.165) is 44.7 Å². The summed E-state index contributed by atoms with van der Waals surface area (Å²) in [5, 5.41) is 6.27. The highest BCUT2D eigenvalue weighted by atomic mass is 32.1. The Morgan fingerprint density at radius 1 is 1.38 bits per heavy atom. The van der Waals surface area contributed by atoms with E-state index in [-0.39, 0.29) is 5.91 Å². The maximum Gasteiger partial charge on any atom is 0.222 e. The van der Waals surface area contributed by atoms with Crippen molar-refractivity contribution in [2.75, 3.05) is 13.1 Å². The molecule has 0 aliphatic carbocycles. The molecular weight excluding hydrogens is 348 g/mol. The summed E-state index contributed by atoms with van der Waals surface area (Å²) in [5.74, 6) is 1.62. The third-order valence-corrected chi connectivity index (χ3v) is 6.20. The van der Waals surface area contributed by atoms with E-state index in [9.17, 15) is 4.79 Å². The molecule has 0 spiro atoms. The van der Waals surface area contributed by atoms with Crippen LogP contribution >= 0.6 is 11.3 Å². The van der Waals surface area contributed by atoms with Gasteiger partial charge >= 0.3 is 0 Å². The number of carbonyl (C=O) groups is 1. The van der Waals surface area contributed by atoms with E-state index in [1.165, 1.54) is 22.5 Å². The summed E-state index contributed by atoms with van der Waals surface area (Å²) < 4.78 is 4.01. The van der Waals surface area contributed by atoms with Gasteiger partial charge in [-0.05, 0) is 33.1 Å². The lowest BCUT2D eigenvalue weighted by molar-refractivity contribution is -0.132. The molecule has 1 fully saturated rings. The molecule has 0 N–H and O–H groups in total. The molecular formula is C18H24N6OS. The van der Waals surface area contributed by atoms with Crippen LogP contribution < -0.4 is 0 Å². The van der Waals surface area contributed by atoms with Crippen molar-refractivity contribution in [1.82, 2.24) is 29.0 Å². The van der Waals surface area contributed by atoms with Gasteiger partial charge in [0.15, 0.2) is 0 Å². The van der Waals surface area contributed by atoms with E-state index in [0.29, 0.717) is 12.3 Å². The van der Waals surface area contributed by atoms with E-state index >= 15 is 0 Å². The fourth-order valence-corrected chi connectivity index (χ4v) is 4.95. The molecule has 0 aromatic carbocycles. The summed E-state index contributed by atoms with van der Waals surface area (Å²) in [5.41, 5.74) is 2.40. The average molecular weight is 372 g/mol. The van der Waals surface area contributed by atoms with Gasteiger partial charge in [0.05, 0.1) is 5.69 Å². The first-order chi connectivity index (χ1) is 12.6. The van der Waals surface area contributed by atoms with Gasteiger partial charge in [0.1, 0.15) is 23.3 Å². The van der Waals surface area contributed by atoms with Gasteiger partial charge < -0.3 is 4.90 Å². The first kappa shape index (κ1) is 17.2. The Balaban J connectivity index is 1.41. The summed E-state index contributed by atoms with van der Waals surface area (Å²) in [6.07, 6.45) is 6.71. The number of rotatable bonds is 5. The largest absolute Gasteiger partial charge is 0.342 e. The first-order valence-corrected chi connectivity index (χ1v) is 10.0. The predicted octanol–water partition coefficient (Wildman–Crippen LogP) is 2.79. The molecule has 138 valence electrons. The van der Waals surface area contributed by atoms with Crippen molar-refractivity contribution in [2.45, 2.75) is 52.0 Å². The van der Waals surface area contributed by atoms with Gasteiger partial charge in [-0.15, -0.1) is 11.3 Å². The Morgan fingerprint density at radius 2 is 2.27 bits per heavy atom. The van der Waals surface area contributed by atoms with Crippen LogP contribution in [0.3, 0.4) is 0 Å². The number of imidazole rings is 1. The number of amides is 1. The zero-order chi connectivity index (χ0) is 18.1. The zero-order valence-corrected chi connectivity index (χ0v) is 16.1. The van der Waals surface area contributed by atoms with Crippen molar-refractivity contribution in [3.05, 3.63) is 35.2 Å². The van der Waals surface area contributed by atoms with Crippen molar-refractivity contribution >= 4 is 22.1 Å². The summed E-state index contributed by atoms with van der Waals surface area (Å²) in [7, 11) is 0. The smallest absolute Gasteiger partial charge is 0.222 e. The summed E-state index contributed by atoms with van der Waals surface area (Å²) in [4.78, 5) is 24.7. The van der Waals surface area contributed by atoms with Gasteiger partial charge in [-0.2, -0.15) is 5.10 Å². The van der Waals surface area contributed by atoms with Crippen LogP contribution in [0.25, 0.3) is 4.83 Å². The number of nitrogens with zero attached hydrogens (tertiary/aromatic N) is 6. The number of carbonyl (C=O) groups excluding carboxylic acids is 1. The van der Waals surface area contributed by atoms with E-state index < -0.39 is 0 Å². The molecule has 1 amide bonds. The molecule has 3 aromatic heterocycles. The van der Waals surface area contributed by atoms with Crippen molar-refractivity contribution in [3.8, 4) is 0 Å². The lowest BCUT2D eigenvalue weighted by atomic mass is 9.95. The summed E-state index contributed by atoms with van der Waals surface area (Å²) in [6.45, 7) is 6.56. The second kappa shape index (κ2) is 7.19. The van der Waals surface area contributed by atoms with E-state index in [1.54, 1.807) is 22.3 Å². The third kappa shape index (κ3) is 3.25. The number of hydrogen-bond donors (Lipinski definition) is 0. The number of likely N-dealkylation sites (tertiary alicyclic amines) is 1. The van der Waals surface area contributed by atoms with Gasteiger partial charge in [0, 0.05) is 43.0 Å². The maximum atomic E-state index is 12.6. The fourth-order valence-electron chi connectivity index (χ4n) is 3.85. The van der Waals surface area contributed by atoms with Crippen molar-refractivity contribution in [3.63, 3.8) is 0 Å². The second-order valence-corrected chi connectivity index (χ2v) is 7.86. The fraction of sp³-hybridized carbons (Fsp3) is 0.556. The number of piperidine rings is 1. The molecule has 1 atom stereocenters. The molecule has 1 saturated heterocycles. The molecule has 1 aliphatic rings. The van der Waals surface area contributed by atoms with E-state index in [1.807, 2.05) is 4.90 Å². The molecule has 4 rings (SSSR count). The number of aryl methyl sites for hydroxylation is 3. The molecule has 8 heteroatoms. The Kier molecular flexibility index (Phi) is 4.76. The Morgan fingerprint density at radius 3 is 3.08 bits per heavy atom. The first-order valence-electron chi connectivity index (χ1n) is 9.16. The molecule has 0 bridgehead atoms. The molecule has 7 nitrogen and oxygen atoms in total. The van der Waals surface area contributed by atoms with Gasteiger partial charge in [-0.25, -0.2) is 9.97 Å². The van der Waals surface area contributed by atoms with Crippen LogP contribution in [0.2, 0.25) is 0 Å². The van der Waals surface area contributed by atoms with E-state index in [2.05, 4.69) is 33.7 Å². The number of thiazole rings is 1. The number of fused-ring (bicyclic) bond motifs is 1.